The second-order valence-corrected chi connectivity index (χ2v) is 4.49. The van der Waals surface area contributed by atoms with Crippen LogP contribution in [-0.4, -0.2) is 16.5 Å². The van der Waals surface area contributed by atoms with Crippen LogP contribution in [0.4, 0.5) is 0 Å². The molecule has 1 saturated carbocycles. The van der Waals surface area contributed by atoms with E-state index in [1.165, 1.54) is 19.3 Å². The van der Waals surface area contributed by atoms with Gasteiger partial charge >= 0.3 is 0 Å². The van der Waals surface area contributed by atoms with Crippen LogP contribution < -0.4 is 11.3 Å². The summed E-state index contributed by atoms with van der Waals surface area (Å²) in [4.78, 5) is 19.0. The van der Waals surface area contributed by atoms with Crippen LogP contribution in [0.1, 0.15) is 49.4 Å². The van der Waals surface area contributed by atoms with Crippen LogP contribution in [0, 0.1) is 0 Å². The van der Waals surface area contributed by atoms with E-state index in [0.29, 0.717) is 24.7 Å². The maximum absolute atomic E-state index is 11.9. The Balaban J connectivity index is 2.18. The van der Waals surface area contributed by atoms with Crippen molar-refractivity contribution in [1.82, 2.24) is 9.97 Å². The van der Waals surface area contributed by atoms with Gasteiger partial charge in [0.15, 0.2) is 0 Å². The van der Waals surface area contributed by atoms with Crippen molar-refractivity contribution in [1.29, 1.82) is 0 Å². The second-order valence-electron chi connectivity index (χ2n) is 4.49. The van der Waals surface area contributed by atoms with Crippen LogP contribution in [0.15, 0.2) is 11.0 Å². The molecule has 1 heterocycles. The molecular formula is C12H19N3O. The largest absolute Gasteiger partial charge is 0.330 e. The zero-order valence-electron chi connectivity index (χ0n) is 9.54. The fraction of sp³-hybridized carbons (Fsp3) is 0.667. The van der Waals surface area contributed by atoms with E-state index in [0.717, 1.165) is 18.4 Å². The molecule has 16 heavy (non-hydrogen) atoms. The van der Waals surface area contributed by atoms with Crippen LogP contribution in [0.3, 0.4) is 0 Å². The summed E-state index contributed by atoms with van der Waals surface area (Å²) in [5.41, 5.74) is 6.32. The van der Waals surface area contributed by atoms with Gasteiger partial charge in [-0.25, -0.2) is 4.98 Å². The van der Waals surface area contributed by atoms with Crippen molar-refractivity contribution >= 4 is 0 Å². The minimum atomic E-state index is 0.0327. The van der Waals surface area contributed by atoms with Crippen molar-refractivity contribution in [2.75, 3.05) is 6.54 Å². The molecule has 0 unspecified atom stereocenters. The highest BCUT2D eigenvalue weighted by Crippen LogP contribution is 2.30. The summed E-state index contributed by atoms with van der Waals surface area (Å²) in [6.07, 6.45) is 8.40. The summed E-state index contributed by atoms with van der Waals surface area (Å²) in [6.45, 7) is 0.520. The first-order chi connectivity index (χ1) is 7.81. The molecule has 0 saturated heterocycles. The predicted octanol–water partition coefficient (Wildman–Crippen LogP) is 1.32. The van der Waals surface area contributed by atoms with Gasteiger partial charge in [0, 0.05) is 18.2 Å². The number of nitrogens with two attached hydrogens (primary N) is 1. The standard InChI is InChI=1S/C12H19N3O/c13-7-6-11-14-8-10(12(16)15-11)9-4-2-1-3-5-9/h8-9H,1-7,13H2,(H,14,15,16). The van der Waals surface area contributed by atoms with Crippen molar-refractivity contribution in [3.63, 3.8) is 0 Å². The van der Waals surface area contributed by atoms with Gasteiger partial charge in [0.2, 0.25) is 0 Å². The minimum Gasteiger partial charge on any atom is -0.330 e. The normalized spacial score (nSPS) is 17.6. The number of nitrogens with one attached hydrogen (secondary N) is 1. The highest BCUT2D eigenvalue weighted by molar-refractivity contribution is 5.13. The summed E-state index contributed by atoms with van der Waals surface area (Å²) < 4.78 is 0. The molecule has 0 atom stereocenters. The number of H-pyrrole nitrogens is 1. The molecule has 4 heteroatoms. The summed E-state index contributed by atoms with van der Waals surface area (Å²) >= 11 is 0. The Hall–Kier alpha value is -1.16. The van der Waals surface area contributed by atoms with Gasteiger partial charge in [0.25, 0.3) is 5.56 Å². The summed E-state index contributed by atoms with van der Waals surface area (Å²) in [5, 5.41) is 0. The molecule has 1 aliphatic carbocycles. The Kier molecular flexibility index (Phi) is 3.72. The maximum atomic E-state index is 11.9. The second kappa shape index (κ2) is 5.25. The van der Waals surface area contributed by atoms with Gasteiger partial charge in [-0.2, -0.15) is 0 Å². The first kappa shape index (κ1) is 11.3. The van der Waals surface area contributed by atoms with E-state index < -0.39 is 0 Å². The molecule has 4 nitrogen and oxygen atoms in total. The number of aromatic nitrogens is 2. The van der Waals surface area contributed by atoms with E-state index in [4.69, 9.17) is 5.73 Å². The summed E-state index contributed by atoms with van der Waals surface area (Å²) in [5.74, 6) is 1.11. The summed E-state index contributed by atoms with van der Waals surface area (Å²) in [7, 11) is 0. The SMILES string of the molecule is NCCc1ncc(C2CCCCC2)c(=O)[nH]1. The maximum Gasteiger partial charge on any atom is 0.254 e. The van der Waals surface area contributed by atoms with Crippen LogP contribution in [-0.2, 0) is 6.42 Å². The smallest absolute Gasteiger partial charge is 0.254 e. The first-order valence-corrected chi connectivity index (χ1v) is 6.09. The van der Waals surface area contributed by atoms with Crippen molar-refractivity contribution in [2.24, 2.45) is 5.73 Å². The molecule has 1 aliphatic rings. The zero-order chi connectivity index (χ0) is 11.4. The van der Waals surface area contributed by atoms with Crippen LogP contribution in [0.2, 0.25) is 0 Å². The molecule has 0 radical (unpaired) electrons. The predicted molar refractivity (Wildman–Crippen MR) is 63.4 cm³/mol. The molecule has 0 aliphatic heterocycles. The fourth-order valence-corrected chi connectivity index (χ4v) is 2.41. The fourth-order valence-electron chi connectivity index (χ4n) is 2.41. The minimum absolute atomic E-state index is 0.0327. The zero-order valence-corrected chi connectivity index (χ0v) is 9.54. The molecule has 1 aromatic rings. The number of hydrogen-bond acceptors (Lipinski definition) is 3. The molecule has 88 valence electrons. The van der Waals surface area contributed by atoms with Gasteiger partial charge < -0.3 is 10.7 Å². The summed E-state index contributed by atoms with van der Waals surface area (Å²) in [6, 6.07) is 0. The van der Waals surface area contributed by atoms with E-state index in [1.54, 1.807) is 6.20 Å². The lowest BCUT2D eigenvalue weighted by Gasteiger charge is -2.20. The molecule has 3 N–H and O–H groups in total. The molecule has 1 aromatic heterocycles. The number of hydrogen-bond donors (Lipinski definition) is 2. The Morgan fingerprint density at radius 3 is 2.75 bits per heavy atom. The Labute approximate surface area is 95.3 Å². The monoisotopic (exact) mass is 221 g/mol. The van der Waals surface area contributed by atoms with Gasteiger partial charge in [-0.05, 0) is 25.3 Å². The van der Waals surface area contributed by atoms with Gasteiger partial charge in [0.05, 0.1) is 0 Å². The van der Waals surface area contributed by atoms with E-state index in [2.05, 4.69) is 9.97 Å². The Morgan fingerprint density at radius 1 is 1.38 bits per heavy atom. The van der Waals surface area contributed by atoms with Crippen molar-refractivity contribution in [2.45, 2.75) is 44.4 Å². The number of aromatic amines is 1. The highest BCUT2D eigenvalue weighted by atomic mass is 16.1. The molecule has 0 bridgehead atoms. The lowest BCUT2D eigenvalue weighted by molar-refractivity contribution is 0.439. The van der Waals surface area contributed by atoms with E-state index >= 15 is 0 Å². The molecule has 2 rings (SSSR count). The van der Waals surface area contributed by atoms with Crippen molar-refractivity contribution in [3.05, 3.63) is 27.9 Å². The molecule has 1 fully saturated rings. The van der Waals surface area contributed by atoms with Gasteiger partial charge in [0.1, 0.15) is 5.82 Å². The third kappa shape index (κ3) is 2.50. The van der Waals surface area contributed by atoms with E-state index in [-0.39, 0.29) is 5.56 Å². The number of rotatable bonds is 3. The van der Waals surface area contributed by atoms with E-state index in [1.807, 2.05) is 0 Å². The quantitative estimate of drug-likeness (QED) is 0.808. The number of nitrogens with zero attached hydrogens (tertiary/aromatic N) is 1. The van der Waals surface area contributed by atoms with Crippen LogP contribution >= 0.6 is 0 Å². The third-order valence-electron chi connectivity index (χ3n) is 3.31. The van der Waals surface area contributed by atoms with Gasteiger partial charge in [-0.3, -0.25) is 4.79 Å². The topological polar surface area (TPSA) is 71.8 Å². The molecular weight excluding hydrogens is 202 g/mol. The van der Waals surface area contributed by atoms with Gasteiger partial charge in [-0.1, -0.05) is 19.3 Å². The average molecular weight is 221 g/mol. The molecule has 0 amide bonds. The van der Waals surface area contributed by atoms with Crippen molar-refractivity contribution in [3.8, 4) is 0 Å². The van der Waals surface area contributed by atoms with Crippen molar-refractivity contribution < 1.29 is 0 Å². The molecule has 0 spiro atoms. The lowest BCUT2D eigenvalue weighted by atomic mass is 9.85. The van der Waals surface area contributed by atoms with E-state index in [9.17, 15) is 4.79 Å². The third-order valence-corrected chi connectivity index (χ3v) is 3.31. The first-order valence-electron chi connectivity index (χ1n) is 6.09. The Bertz CT molecular complexity index is 393. The molecule has 0 aromatic carbocycles. The highest BCUT2D eigenvalue weighted by Gasteiger charge is 2.18. The Morgan fingerprint density at radius 2 is 2.12 bits per heavy atom. The van der Waals surface area contributed by atoms with Gasteiger partial charge in [-0.15, -0.1) is 0 Å². The average Bonchev–Trinajstić information content (AvgIpc) is 2.31. The van der Waals surface area contributed by atoms with Crippen LogP contribution in [0.25, 0.3) is 0 Å². The lowest BCUT2D eigenvalue weighted by Crippen LogP contribution is -2.21. The van der Waals surface area contributed by atoms with Crippen LogP contribution in [0.5, 0.6) is 0 Å².